The molecule has 0 atom stereocenters. The fraction of sp³-hybridized carbons (Fsp3) is 0.286. The summed E-state index contributed by atoms with van der Waals surface area (Å²) in [5.41, 5.74) is 9.08. The Morgan fingerprint density at radius 1 is 0.786 bits per heavy atom. The lowest BCUT2D eigenvalue weighted by molar-refractivity contribution is 1.16. The van der Waals surface area contributed by atoms with E-state index in [1.165, 1.54) is 22.3 Å². The van der Waals surface area contributed by atoms with E-state index in [0.717, 1.165) is 12.8 Å². The van der Waals surface area contributed by atoms with E-state index < -0.39 is 0 Å². The summed E-state index contributed by atoms with van der Waals surface area (Å²) >= 11 is 0. The van der Waals surface area contributed by atoms with Crippen LogP contribution in [0.2, 0.25) is 0 Å². The topological polar surface area (TPSA) is 0 Å². The average Bonchev–Trinajstić information content (AvgIpc) is 2.82. The second-order valence-electron chi connectivity index (χ2n) is 4.25. The number of hydrogen-bond acceptors (Lipinski definition) is 0. The first kappa shape index (κ1) is 8.05. The van der Waals surface area contributed by atoms with Crippen molar-refractivity contribution >= 4 is 12.2 Å². The molecule has 0 unspecified atom stereocenters. The van der Waals surface area contributed by atoms with Gasteiger partial charge in [-0.2, -0.15) is 0 Å². The van der Waals surface area contributed by atoms with Crippen LogP contribution in [0.25, 0.3) is 12.2 Å². The molecule has 0 N–H and O–H groups in total. The van der Waals surface area contributed by atoms with E-state index in [2.05, 4.69) is 38.2 Å². The van der Waals surface area contributed by atoms with Crippen molar-refractivity contribution in [2.75, 3.05) is 0 Å². The molecule has 0 amide bonds. The summed E-state index contributed by atoms with van der Waals surface area (Å²) in [5, 5.41) is 0. The average molecular weight is 182 g/mol. The molecule has 2 aliphatic rings. The molecular formula is C14H14. The smallest absolute Gasteiger partial charge is 0.00852 e. The number of fused-ring (bicyclic) bond motifs is 2. The molecule has 14 heavy (non-hydrogen) atoms. The van der Waals surface area contributed by atoms with Gasteiger partial charge in [-0.05, 0) is 60.1 Å². The first-order valence-corrected chi connectivity index (χ1v) is 5.27. The molecule has 0 radical (unpaired) electrons. The Morgan fingerprint density at radius 3 is 1.64 bits per heavy atom. The molecule has 0 nitrogen and oxygen atoms in total. The van der Waals surface area contributed by atoms with Gasteiger partial charge in [-0.15, -0.1) is 0 Å². The Kier molecular flexibility index (Phi) is 1.49. The van der Waals surface area contributed by atoms with Gasteiger partial charge >= 0.3 is 0 Å². The highest BCUT2D eigenvalue weighted by Crippen LogP contribution is 2.35. The molecule has 0 bridgehead atoms. The van der Waals surface area contributed by atoms with Crippen molar-refractivity contribution in [3.05, 3.63) is 45.5 Å². The lowest BCUT2D eigenvalue weighted by Crippen LogP contribution is -1.99. The van der Waals surface area contributed by atoms with E-state index in [1.807, 2.05) is 0 Å². The number of hydrogen-bond donors (Lipinski definition) is 0. The van der Waals surface area contributed by atoms with Crippen LogP contribution in [-0.4, -0.2) is 0 Å². The highest BCUT2D eigenvalue weighted by Gasteiger charge is 2.19. The SMILES string of the molecule is Cc1c2c(c(C)c3c1CC=C3)CC=C2. The van der Waals surface area contributed by atoms with E-state index in [1.54, 1.807) is 11.1 Å². The molecule has 0 aromatic heterocycles. The van der Waals surface area contributed by atoms with Gasteiger partial charge in [0, 0.05) is 0 Å². The molecule has 0 spiro atoms. The molecule has 0 aliphatic heterocycles. The van der Waals surface area contributed by atoms with Gasteiger partial charge in [-0.3, -0.25) is 0 Å². The van der Waals surface area contributed by atoms with Crippen LogP contribution in [0.1, 0.15) is 33.4 Å². The van der Waals surface area contributed by atoms with Gasteiger partial charge in [-0.1, -0.05) is 24.3 Å². The summed E-state index contributed by atoms with van der Waals surface area (Å²) in [6.07, 6.45) is 11.4. The van der Waals surface area contributed by atoms with Crippen LogP contribution in [0, 0.1) is 13.8 Å². The predicted molar refractivity (Wildman–Crippen MR) is 61.4 cm³/mol. The highest BCUT2D eigenvalue weighted by atomic mass is 14.2. The van der Waals surface area contributed by atoms with Crippen molar-refractivity contribution < 1.29 is 0 Å². The van der Waals surface area contributed by atoms with Gasteiger partial charge < -0.3 is 0 Å². The summed E-state index contributed by atoms with van der Waals surface area (Å²) in [6, 6.07) is 0. The molecule has 0 saturated heterocycles. The summed E-state index contributed by atoms with van der Waals surface area (Å²) < 4.78 is 0. The van der Waals surface area contributed by atoms with Gasteiger partial charge in [0.05, 0.1) is 0 Å². The number of rotatable bonds is 0. The maximum Gasteiger partial charge on any atom is -0.00852 e. The lowest BCUT2D eigenvalue weighted by atomic mass is 9.90. The normalized spacial score (nSPS) is 16.1. The number of benzene rings is 1. The maximum atomic E-state index is 2.29. The first-order valence-electron chi connectivity index (χ1n) is 5.27. The summed E-state index contributed by atoms with van der Waals surface area (Å²) in [6.45, 7) is 4.53. The van der Waals surface area contributed by atoms with Crippen LogP contribution in [0.4, 0.5) is 0 Å². The molecule has 0 saturated carbocycles. The van der Waals surface area contributed by atoms with Crippen molar-refractivity contribution in [2.24, 2.45) is 0 Å². The highest BCUT2D eigenvalue weighted by molar-refractivity contribution is 5.75. The van der Waals surface area contributed by atoms with Crippen molar-refractivity contribution in [2.45, 2.75) is 26.7 Å². The fourth-order valence-electron chi connectivity index (χ4n) is 2.75. The number of allylic oxidation sites excluding steroid dienone is 2. The van der Waals surface area contributed by atoms with Gasteiger partial charge in [0.25, 0.3) is 0 Å². The van der Waals surface area contributed by atoms with Crippen LogP contribution in [0.15, 0.2) is 12.2 Å². The largest absolute Gasteiger partial charge is 0.0795 e. The predicted octanol–water partition coefficient (Wildman–Crippen LogP) is 3.44. The van der Waals surface area contributed by atoms with Crippen LogP contribution < -0.4 is 0 Å². The quantitative estimate of drug-likeness (QED) is 0.576. The van der Waals surface area contributed by atoms with Gasteiger partial charge in [0.2, 0.25) is 0 Å². The zero-order valence-electron chi connectivity index (χ0n) is 8.72. The first-order chi connectivity index (χ1) is 6.79. The Hall–Kier alpha value is -1.30. The van der Waals surface area contributed by atoms with Gasteiger partial charge in [0.1, 0.15) is 0 Å². The fourth-order valence-corrected chi connectivity index (χ4v) is 2.75. The monoisotopic (exact) mass is 182 g/mol. The molecular weight excluding hydrogens is 168 g/mol. The van der Waals surface area contributed by atoms with Gasteiger partial charge in [0.15, 0.2) is 0 Å². The van der Waals surface area contributed by atoms with E-state index >= 15 is 0 Å². The van der Waals surface area contributed by atoms with E-state index in [4.69, 9.17) is 0 Å². The third-order valence-corrected chi connectivity index (χ3v) is 3.58. The molecule has 2 aliphatic carbocycles. The Balaban J connectivity index is 2.40. The van der Waals surface area contributed by atoms with Crippen molar-refractivity contribution in [1.29, 1.82) is 0 Å². The summed E-state index contributed by atoms with van der Waals surface area (Å²) in [5.74, 6) is 0. The standard InChI is InChI=1S/C14H14/c1-9-11-5-3-7-13(11)10(2)14-8-4-6-12(9)14/h3-5,8H,6-7H2,1-2H3. The molecule has 1 aromatic carbocycles. The summed E-state index contributed by atoms with van der Waals surface area (Å²) in [7, 11) is 0. The van der Waals surface area contributed by atoms with Crippen molar-refractivity contribution in [3.63, 3.8) is 0 Å². The van der Waals surface area contributed by atoms with Crippen LogP contribution in [-0.2, 0) is 12.8 Å². The maximum absolute atomic E-state index is 2.29. The Labute approximate surface area is 85.0 Å². The zero-order chi connectivity index (χ0) is 9.71. The minimum Gasteiger partial charge on any atom is -0.0795 e. The minimum atomic E-state index is 1.13. The third kappa shape index (κ3) is 0.836. The van der Waals surface area contributed by atoms with Gasteiger partial charge in [-0.25, -0.2) is 0 Å². The molecule has 70 valence electrons. The minimum absolute atomic E-state index is 1.13. The molecule has 0 heteroatoms. The molecule has 1 aromatic rings. The molecule has 3 rings (SSSR count). The zero-order valence-corrected chi connectivity index (χ0v) is 8.72. The van der Waals surface area contributed by atoms with E-state index in [9.17, 15) is 0 Å². The van der Waals surface area contributed by atoms with Crippen LogP contribution in [0.3, 0.4) is 0 Å². The van der Waals surface area contributed by atoms with E-state index in [-0.39, 0.29) is 0 Å². The lowest BCUT2D eigenvalue weighted by Gasteiger charge is -2.14. The van der Waals surface area contributed by atoms with E-state index in [0.29, 0.717) is 0 Å². The van der Waals surface area contributed by atoms with Crippen LogP contribution >= 0.6 is 0 Å². The molecule has 0 heterocycles. The summed E-state index contributed by atoms with van der Waals surface area (Å²) in [4.78, 5) is 0. The second-order valence-corrected chi connectivity index (χ2v) is 4.25. The second kappa shape index (κ2) is 2.60. The Bertz CT molecular complexity index is 428. The van der Waals surface area contributed by atoms with Crippen LogP contribution in [0.5, 0.6) is 0 Å². The third-order valence-electron chi connectivity index (χ3n) is 3.58. The Morgan fingerprint density at radius 2 is 1.21 bits per heavy atom. The van der Waals surface area contributed by atoms with Crippen molar-refractivity contribution in [1.82, 2.24) is 0 Å². The van der Waals surface area contributed by atoms with Crippen molar-refractivity contribution in [3.8, 4) is 0 Å². The molecule has 0 fully saturated rings.